The largest absolute Gasteiger partial charge is 0.352 e. The number of nitrogens with zero attached hydrogens (tertiary/aromatic N) is 2. The van der Waals surface area contributed by atoms with Crippen LogP contribution in [0.25, 0.3) is 0 Å². The second-order valence-electron chi connectivity index (χ2n) is 9.60. The molecule has 0 heterocycles. The molecule has 0 spiro atoms. The molecule has 0 aliphatic heterocycles. The van der Waals surface area contributed by atoms with Crippen molar-refractivity contribution < 1.29 is 18.0 Å². The van der Waals surface area contributed by atoms with Crippen molar-refractivity contribution >= 4 is 27.5 Å². The number of hydrogen-bond acceptors (Lipinski definition) is 4. The summed E-state index contributed by atoms with van der Waals surface area (Å²) < 4.78 is 26.5. The van der Waals surface area contributed by atoms with Crippen LogP contribution in [0.4, 0.5) is 5.69 Å². The van der Waals surface area contributed by atoms with Crippen molar-refractivity contribution in [2.45, 2.75) is 65.0 Å². The van der Waals surface area contributed by atoms with E-state index in [4.69, 9.17) is 0 Å². The molecule has 0 saturated heterocycles. The highest BCUT2D eigenvalue weighted by Gasteiger charge is 2.31. The lowest BCUT2D eigenvalue weighted by Gasteiger charge is -2.32. The van der Waals surface area contributed by atoms with Crippen LogP contribution in [0.2, 0.25) is 0 Å². The Balaban J connectivity index is 1.84. The number of carbonyl (C=O) groups is 2. The highest BCUT2D eigenvalue weighted by atomic mass is 32.2. The Morgan fingerprint density at radius 2 is 1.63 bits per heavy atom. The summed E-state index contributed by atoms with van der Waals surface area (Å²) in [5.74, 6) is -0.602. The van der Waals surface area contributed by atoms with Gasteiger partial charge in [-0.3, -0.25) is 13.9 Å². The molecule has 1 atom stereocenters. The van der Waals surface area contributed by atoms with E-state index in [1.165, 1.54) is 4.90 Å². The summed E-state index contributed by atoms with van der Waals surface area (Å²) in [5, 5.41) is 3.08. The molecule has 7 nitrogen and oxygen atoms in total. The molecule has 0 unspecified atom stereocenters. The first-order valence-electron chi connectivity index (χ1n) is 12.2. The molecule has 1 aliphatic rings. The molecule has 3 rings (SSSR count). The minimum Gasteiger partial charge on any atom is -0.352 e. The number of anilines is 1. The number of amides is 2. The molecule has 1 aliphatic carbocycles. The van der Waals surface area contributed by atoms with Crippen molar-refractivity contribution in [2.75, 3.05) is 23.7 Å². The van der Waals surface area contributed by atoms with Crippen LogP contribution in [0, 0.1) is 13.8 Å². The van der Waals surface area contributed by atoms with Crippen LogP contribution < -0.4 is 9.62 Å². The molecule has 1 N–H and O–H groups in total. The predicted molar refractivity (Wildman–Crippen MR) is 140 cm³/mol. The van der Waals surface area contributed by atoms with Gasteiger partial charge in [-0.05, 0) is 68.9 Å². The third-order valence-electron chi connectivity index (χ3n) is 6.53. The van der Waals surface area contributed by atoms with Gasteiger partial charge >= 0.3 is 0 Å². The molecule has 8 heteroatoms. The van der Waals surface area contributed by atoms with E-state index in [1.807, 2.05) is 50.2 Å². The molecule has 2 aromatic carbocycles. The zero-order valence-corrected chi connectivity index (χ0v) is 22.0. The maximum Gasteiger partial charge on any atom is 0.244 e. The Labute approximate surface area is 209 Å². The van der Waals surface area contributed by atoms with E-state index in [0.717, 1.165) is 52.9 Å². The first-order valence-corrected chi connectivity index (χ1v) is 14.1. The van der Waals surface area contributed by atoms with Crippen LogP contribution in [0.1, 0.15) is 49.3 Å². The van der Waals surface area contributed by atoms with Crippen molar-refractivity contribution in [3.05, 3.63) is 65.2 Å². The number of benzene rings is 2. The topological polar surface area (TPSA) is 86.8 Å². The number of hydrogen-bond donors (Lipinski definition) is 1. The molecule has 0 bridgehead atoms. The van der Waals surface area contributed by atoms with Crippen LogP contribution in [0.3, 0.4) is 0 Å². The third-order valence-corrected chi connectivity index (χ3v) is 7.67. The summed E-state index contributed by atoms with van der Waals surface area (Å²) in [6.45, 7) is 5.44. The monoisotopic (exact) mass is 499 g/mol. The standard InChI is InChI=1S/C27H37N3O4S/c1-20-16-21(2)18-25(17-20)30(35(4,33)34)19-26(31)29(15-14-23-10-6-5-7-11-23)22(3)27(32)28-24-12-8-9-13-24/h5-7,10-11,16-18,22,24H,8-9,12-15,19H2,1-4H3,(H,28,32)/t22-/m0/s1. The Hall–Kier alpha value is -2.87. The first kappa shape index (κ1) is 26.7. The fourth-order valence-electron chi connectivity index (χ4n) is 4.67. The lowest BCUT2D eigenvalue weighted by Crippen LogP contribution is -2.53. The molecule has 0 aromatic heterocycles. The van der Waals surface area contributed by atoms with E-state index in [0.29, 0.717) is 18.7 Å². The summed E-state index contributed by atoms with van der Waals surface area (Å²) in [4.78, 5) is 28.2. The summed E-state index contributed by atoms with van der Waals surface area (Å²) in [6, 6.07) is 14.6. The number of nitrogens with one attached hydrogen (secondary N) is 1. The zero-order chi connectivity index (χ0) is 25.6. The lowest BCUT2D eigenvalue weighted by atomic mass is 10.1. The van der Waals surface area contributed by atoms with Crippen molar-refractivity contribution in [3.8, 4) is 0 Å². The smallest absolute Gasteiger partial charge is 0.244 e. The lowest BCUT2D eigenvalue weighted by molar-refractivity contribution is -0.139. The van der Waals surface area contributed by atoms with Crippen LogP contribution in [-0.4, -0.2) is 56.6 Å². The molecule has 1 saturated carbocycles. The Kier molecular flexibility index (Phi) is 8.94. The SMILES string of the molecule is Cc1cc(C)cc(N(CC(=O)N(CCc2ccccc2)[C@@H](C)C(=O)NC2CCCC2)S(C)(=O)=O)c1. The maximum atomic E-state index is 13.6. The fourth-order valence-corrected chi connectivity index (χ4v) is 5.50. The van der Waals surface area contributed by atoms with Gasteiger partial charge in [-0.15, -0.1) is 0 Å². The van der Waals surface area contributed by atoms with E-state index < -0.39 is 22.0 Å². The molecular weight excluding hydrogens is 462 g/mol. The average molecular weight is 500 g/mol. The van der Waals surface area contributed by atoms with Gasteiger partial charge in [0.15, 0.2) is 0 Å². The van der Waals surface area contributed by atoms with Crippen LogP contribution in [0.5, 0.6) is 0 Å². The Bertz CT molecular complexity index is 1110. The van der Waals surface area contributed by atoms with Gasteiger partial charge in [-0.1, -0.05) is 49.2 Å². The first-order chi connectivity index (χ1) is 16.5. The van der Waals surface area contributed by atoms with Gasteiger partial charge in [-0.25, -0.2) is 8.42 Å². The van der Waals surface area contributed by atoms with E-state index in [-0.39, 0.29) is 18.5 Å². The molecule has 0 radical (unpaired) electrons. The number of rotatable bonds is 10. The summed E-state index contributed by atoms with van der Waals surface area (Å²) in [7, 11) is -3.73. The summed E-state index contributed by atoms with van der Waals surface area (Å²) >= 11 is 0. The minimum atomic E-state index is -3.73. The minimum absolute atomic E-state index is 0.138. The second kappa shape index (κ2) is 11.7. The van der Waals surface area contributed by atoms with Crippen molar-refractivity contribution in [1.82, 2.24) is 10.2 Å². The molecule has 2 amide bonds. The number of sulfonamides is 1. The van der Waals surface area contributed by atoms with E-state index in [2.05, 4.69) is 5.32 Å². The van der Waals surface area contributed by atoms with Crippen LogP contribution in [-0.2, 0) is 26.0 Å². The van der Waals surface area contributed by atoms with E-state index in [1.54, 1.807) is 19.1 Å². The van der Waals surface area contributed by atoms with Crippen LogP contribution >= 0.6 is 0 Å². The maximum absolute atomic E-state index is 13.6. The molecule has 1 fully saturated rings. The zero-order valence-electron chi connectivity index (χ0n) is 21.2. The van der Waals surface area contributed by atoms with Crippen molar-refractivity contribution in [1.29, 1.82) is 0 Å². The normalized spacial score (nSPS) is 15.0. The molecular formula is C27H37N3O4S. The van der Waals surface area contributed by atoms with Gasteiger partial charge < -0.3 is 10.2 Å². The Morgan fingerprint density at radius 1 is 1.03 bits per heavy atom. The second-order valence-corrected chi connectivity index (χ2v) is 11.5. The molecule has 2 aromatic rings. The van der Waals surface area contributed by atoms with Crippen molar-refractivity contribution in [3.63, 3.8) is 0 Å². The highest BCUT2D eigenvalue weighted by molar-refractivity contribution is 7.92. The van der Waals surface area contributed by atoms with Gasteiger partial charge in [0.05, 0.1) is 11.9 Å². The van der Waals surface area contributed by atoms with Crippen LogP contribution in [0.15, 0.2) is 48.5 Å². The van der Waals surface area contributed by atoms with Gasteiger partial charge in [-0.2, -0.15) is 0 Å². The Morgan fingerprint density at radius 3 is 2.20 bits per heavy atom. The number of carbonyl (C=O) groups excluding carboxylic acids is 2. The molecule has 35 heavy (non-hydrogen) atoms. The fraction of sp³-hybridized carbons (Fsp3) is 0.481. The summed E-state index contributed by atoms with van der Waals surface area (Å²) in [6.07, 6.45) is 5.75. The third kappa shape index (κ3) is 7.56. The van der Waals surface area contributed by atoms with Crippen molar-refractivity contribution in [2.24, 2.45) is 0 Å². The molecule has 190 valence electrons. The van der Waals surface area contributed by atoms with Gasteiger partial charge in [0.25, 0.3) is 0 Å². The van der Waals surface area contributed by atoms with Gasteiger partial charge in [0.2, 0.25) is 21.8 Å². The van der Waals surface area contributed by atoms with E-state index >= 15 is 0 Å². The average Bonchev–Trinajstić information content (AvgIpc) is 3.29. The quantitative estimate of drug-likeness (QED) is 0.541. The number of aryl methyl sites for hydroxylation is 2. The van der Waals surface area contributed by atoms with Gasteiger partial charge in [0, 0.05) is 12.6 Å². The van der Waals surface area contributed by atoms with Gasteiger partial charge in [0.1, 0.15) is 12.6 Å². The predicted octanol–water partition coefficient (Wildman–Crippen LogP) is 3.59. The summed E-state index contributed by atoms with van der Waals surface area (Å²) in [5.41, 5.74) is 3.31. The van der Waals surface area contributed by atoms with E-state index in [9.17, 15) is 18.0 Å². The highest BCUT2D eigenvalue weighted by Crippen LogP contribution is 2.22.